The molecule has 0 amide bonds. The minimum atomic E-state index is -0.252. The molecule has 3 nitrogen and oxygen atoms in total. The van der Waals surface area contributed by atoms with Gasteiger partial charge in [0.05, 0.1) is 26.4 Å². The summed E-state index contributed by atoms with van der Waals surface area (Å²) in [6.45, 7) is 1.97. The molecule has 1 aromatic carbocycles. The van der Waals surface area contributed by atoms with Crippen molar-refractivity contribution in [3.05, 3.63) is 29.6 Å². The Morgan fingerprint density at radius 1 is 1.53 bits per heavy atom. The van der Waals surface area contributed by atoms with Crippen molar-refractivity contribution in [3.8, 4) is 5.75 Å². The second kappa shape index (κ2) is 4.59. The zero-order valence-corrected chi connectivity index (χ0v) is 8.63. The molecule has 0 radical (unpaired) electrons. The molecule has 2 rings (SSSR count). The minimum Gasteiger partial charge on any atom is -0.497 e. The predicted octanol–water partition coefficient (Wildman–Crippen LogP) is 1.50. The normalized spacial score (nSPS) is 21.3. The summed E-state index contributed by atoms with van der Waals surface area (Å²) in [6, 6.07) is 4.84. The summed E-state index contributed by atoms with van der Waals surface area (Å²) in [5.74, 6) is 0.283. The fourth-order valence-corrected chi connectivity index (χ4v) is 1.68. The van der Waals surface area contributed by atoms with E-state index >= 15 is 0 Å². The number of hydrogen-bond donors (Lipinski definition) is 1. The molecule has 82 valence electrons. The van der Waals surface area contributed by atoms with Crippen LogP contribution in [0.3, 0.4) is 0 Å². The molecule has 0 saturated carbocycles. The van der Waals surface area contributed by atoms with E-state index in [0.29, 0.717) is 24.5 Å². The standard InChI is InChI=1S/C11H14FNO2/c1-14-8-2-3-9(10(12)6-8)11-7-15-5-4-13-11/h2-3,6,11,13H,4-5,7H2,1H3. The molecular formula is C11H14FNO2. The van der Waals surface area contributed by atoms with Crippen LogP contribution in [0.25, 0.3) is 0 Å². The van der Waals surface area contributed by atoms with Crippen LogP contribution in [0, 0.1) is 5.82 Å². The third kappa shape index (κ3) is 2.27. The average molecular weight is 211 g/mol. The molecule has 0 bridgehead atoms. The molecule has 1 unspecified atom stereocenters. The van der Waals surface area contributed by atoms with E-state index in [2.05, 4.69) is 5.32 Å². The van der Waals surface area contributed by atoms with Crippen molar-refractivity contribution in [1.29, 1.82) is 0 Å². The van der Waals surface area contributed by atoms with Crippen LogP contribution in [0.2, 0.25) is 0 Å². The molecule has 1 N–H and O–H groups in total. The first-order valence-electron chi connectivity index (χ1n) is 4.96. The number of methoxy groups -OCH3 is 1. The van der Waals surface area contributed by atoms with Crippen molar-refractivity contribution in [2.45, 2.75) is 6.04 Å². The first-order chi connectivity index (χ1) is 7.31. The van der Waals surface area contributed by atoms with Crippen molar-refractivity contribution in [2.24, 2.45) is 0 Å². The first kappa shape index (κ1) is 10.4. The second-order valence-electron chi connectivity index (χ2n) is 3.47. The molecule has 1 fully saturated rings. The molecular weight excluding hydrogens is 197 g/mol. The Bertz CT molecular complexity index is 337. The lowest BCUT2D eigenvalue weighted by atomic mass is 10.1. The molecule has 1 aliphatic heterocycles. The van der Waals surface area contributed by atoms with Gasteiger partial charge in [-0.3, -0.25) is 0 Å². The van der Waals surface area contributed by atoms with E-state index in [-0.39, 0.29) is 11.9 Å². The highest BCUT2D eigenvalue weighted by atomic mass is 19.1. The van der Waals surface area contributed by atoms with Crippen LogP contribution in [0.4, 0.5) is 4.39 Å². The Morgan fingerprint density at radius 2 is 2.40 bits per heavy atom. The molecule has 1 saturated heterocycles. The topological polar surface area (TPSA) is 30.5 Å². The van der Waals surface area contributed by atoms with E-state index in [4.69, 9.17) is 9.47 Å². The fraction of sp³-hybridized carbons (Fsp3) is 0.455. The summed E-state index contributed by atoms with van der Waals surface area (Å²) < 4.78 is 23.9. The van der Waals surface area contributed by atoms with Gasteiger partial charge in [-0.15, -0.1) is 0 Å². The highest BCUT2D eigenvalue weighted by Crippen LogP contribution is 2.23. The maximum absolute atomic E-state index is 13.6. The van der Waals surface area contributed by atoms with Crippen LogP contribution in [-0.4, -0.2) is 26.9 Å². The molecule has 4 heteroatoms. The summed E-state index contributed by atoms with van der Waals surface area (Å²) in [4.78, 5) is 0. The van der Waals surface area contributed by atoms with Gasteiger partial charge in [0.2, 0.25) is 0 Å². The third-order valence-corrected chi connectivity index (χ3v) is 2.50. The lowest BCUT2D eigenvalue weighted by Gasteiger charge is -2.24. The SMILES string of the molecule is COc1ccc(C2COCCN2)c(F)c1. The van der Waals surface area contributed by atoms with Gasteiger partial charge in [0, 0.05) is 18.2 Å². The van der Waals surface area contributed by atoms with Crippen LogP contribution in [-0.2, 0) is 4.74 Å². The van der Waals surface area contributed by atoms with E-state index in [1.807, 2.05) is 0 Å². The Kier molecular flexibility index (Phi) is 3.18. The third-order valence-electron chi connectivity index (χ3n) is 2.50. The van der Waals surface area contributed by atoms with Gasteiger partial charge in [-0.2, -0.15) is 0 Å². The summed E-state index contributed by atoms with van der Waals surface area (Å²) in [6.07, 6.45) is 0. The number of hydrogen-bond acceptors (Lipinski definition) is 3. The van der Waals surface area contributed by atoms with Crippen molar-refractivity contribution in [2.75, 3.05) is 26.9 Å². The van der Waals surface area contributed by atoms with Gasteiger partial charge in [0.15, 0.2) is 0 Å². The summed E-state index contributed by atoms with van der Waals surface area (Å²) in [7, 11) is 1.52. The summed E-state index contributed by atoms with van der Waals surface area (Å²) in [5, 5.41) is 3.21. The fourth-order valence-electron chi connectivity index (χ4n) is 1.68. The van der Waals surface area contributed by atoms with Crippen molar-refractivity contribution in [3.63, 3.8) is 0 Å². The molecule has 1 aromatic rings. The molecule has 15 heavy (non-hydrogen) atoms. The summed E-state index contributed by atoms with van der Waals surface area (Å²) >= 11 is 0. The first-order valence-corrected chi connectivity index (χ1v) is 4.96. The number of halogens is 1. The highest BCUT2D eigenvalue weighted by Gasteiger charge is 2.18. The number of nitrogens with one attached hydrogen (secondary N) is 1. The van der Waals surface area contributed by atoms with E-state index < -0.39 is 0 Å². The van der Waals surface area contributed by atoms with E-state index in [1.54, 1.807) is 12.1 Å². The average Bonchev–Trinajstić information content (AvgIpc) is 2.30. The molecule has 1 aliphatic rings. The van der Waals surface area contributed by atoms with Gasteiger partial charge >= 0.3 is 0 Å². The maximum atomic E-state index is 13.6. The van der Waals surface area contributed by atoms with Gasteiger partial charge in [0.25, 0.3) is 0 Å². The molecule has 1 atom stereocenters. The quantitative estimate of drug-likeness (QED) is 0.804. The molecule has 0 aliphatic carbocycles. The lowest BCUT2D eigenvalue weighted by Crippen LogP contribution is -2.35. The van der Waals surface area contributed by atoms with E-state index in [9.17, 15) is 4.39 Å². The van der Waals surface area contributed by atoms with Crippen LogP contribution < -0.4 is 10.1 Å². The van der Waals surface area contributed by atoms with Crippen molar-refractivity contribution < 1.29 is 13.9 Å². The number of ether oxygens (including phenoxy) is 2. The largest absolute Gasteiger partial charge is 0.497 e. The molecule has 0 aromatic heterocycles. The zero-order chi connectivity index (χ0) is 10.7. The number of morpholine rings is 1. The van der Waals surface area contributed by atoms with Crippen LogP contribution in [0.1, 0.15) is 11.6 Å². The minimum absolute atomic E-state index is 0.0512. The Hall–Kier alpha value is -1.13. The Balaban J connectivity index is 2.19. The molecule has 0 spiro atoms. The molecule has 1 heterocycles. The Morgan fingerprint density at radius 3 is 3.00 bits per heavy atom. The van der Waals surface area contributed by atoms with Crippen LogP contribution >= 0.6 is 0 Å². The Labute approximate surface area is 88.2 Å². The van der Waals surface area contributed by atoms with E-state index in [1.165, 1.54) is 13.2 Å². The van der Waals surface area contributed by atoms with Crippen molar-refractivity contribution in [1.82, 2.24) is 5.32 Å². The van der Waals surface area contributed by atoms with Gasteiger partial charge in [-0.1, -0.05) is 6.07 Å². The van der Waals surface area contributed by atoms with Gasteiger partial charge in [-0.05, 0) is 6.07 Å². The summed E-state index contributed by atoms with van der Waals surface area (Å²) in [5.41, 5.74) is 0.635. The van der Waals surface area contributed by atoms with Gasteiger partial charge < -0.3 is 14.8 Å². The number of rotatable bonds is 2. The second-order valence-corrected chi connectivity index (χ2v) is 3.47. The smallest absolute Gasteiger partial charge is 0.131 e. The van der Waals surface area contributed by atoms with Crippen LogP contribution in [0.5, 0.6) is 5.75 Å². The zero-order valence-electron chi connectivity index (χ0n) is 8.63. The number of benzene rings is 1. The van der Waals surface area contributed by atoms with Gasteiger partial charge in [0.1, 0.15) is 11.6 Å². The lowest BCUT2D eigenvalue weighted by molar-refractivity contribution is 0.0757. The van der Waals surface area contributed by atoms with Crippen molar-refractivity contribution >= 4 is 0 Å². The van der Waals surface area contributed by atoms with Crippen LogP contribution in [0.15, 0.2) is 18.2 Å². The monoisotopic (exact) mass is 211 g/mol. The maximum Gasteiger partial charge on any atom is 0.131 e. The van der Waals surface area contributed by atoms with E-state index in [0.717, 1.165) is 6.54 Å². The predicted molar refractivity (Wildman–Crippen MR) is 54.5 cm³/mol. The van der Waals surface area contributed by atoms with Gasteiger partial charge in [-0.25, -0.2) is 4.39 Å². The highest BCUT2D eigenvalue weighted by molar-refractivity contribution is 5.31.